The van der Waals surface area contributed by atoms with Crippen LogP contribution in [0, 0.1) is 0 Å². The van der Waals surface area contributed by atoms with Gasteiger partial charge in [-0.05, 0) is 19.1 Å². The Morgan fingerprint density at radius 1 is 1.47 bits per heavy atom. The molecule has 0 aromatic carbocycles. The van der Waals surface area contributed by atoms with Crippen LogP contribution in [0.3, 0.4) is 0 Å². The van der Waals surface area contributed by atoms with Crippen molar-refractivity contribution in [1.29, 1.82) is 0 Å². The first-order valence-corrected chi connectivity index (χ1v) is 5.70. The zero-order chi connectivity index (χ0) is 14.3. The van der Waals surface area contributed by atoms with E-state index in [0.717, 1.165) is 0 Å². The van der Waals surface area contributed by atoms with Crippen molar-refractivity contribution in [3.05, 3.63) is 23.9 Å². The van der Waals surface area contributed by atoms with Crippen molar-refractivity contribution in [3.8, 4) is 0 Å². The van der Waals surface area contributed by atoms with Crippen LogP contribution in [0.1, 0.15) is 17.3 Å². The van der Waals surface area contributed by atoms with Gasteiger partial charge in [-0.15, -0.1) is 0 Å². The van der Waals surface area contributed by atoms with Crippen LogP contribution in [0.4, 0.5) is 5.82 Å². The van der Waals surface area contributed by atoms with Gasteiger partial charge >= 0.3 is 11.9 Å². The Bertz CT molecular complexity index is 432. The van der Waals surface area contributed by atoms with Gasteiger partial charge in [0.2, 0.25) is 0 Å². The van der Waals surface area contributed by atoms with Gasteiger partial charge in [0, 0.05) is 6.20 Å². The molecule has 1 unspecified atom stereocenters. The normalized spacial score (nSPS) is 11.5. The number of rotatable bonds is 6. The lowest BCUT2D eigenvalue weighted by Crippen LogP contribution is -2.34. The van der Waals surface area contributed by atoms with Crippen LogP contribution >= 0.6 is 0 Å². The summed E-state index contributed by atoms with van der Waals surface area (Å²) in [5.74, 6) is -0.718. The molecule has 1 atom stereocenters. The molecule has 1 heterocycles. The fourth-order valence-corrected chi connectivity index (χ4v) is 1.31. The first kappa shape index (κ1) is 14.9. The van der Waals surface area contributed by atoms with Crippen LogP contribution in [0.2, 0.25) is 0 Å². The van der Waals surface area contributed by atoms with Crippen LogP contribution < -0.4 is 5.32 Å². The second-order valence-corrected chi connectivity index (χ2v) is 3.56. The molecule has 0 amide bonds. The molecule has 0 aliphatic carbocycles. The summed E-state index contributed by atoms with van der Waals surface area (Å²) in [6, 6.07) is 2.13. The predicted octanol–water partition coefficient (Wildman–Crippen LogP) is 0.204. The van der Waals surface area contributed by atoms with E-state index in [9.17, 15) is 9.59 Å². The van der Waals surface area contributed by atoms with Gasteiger partial charge < -0.3 is 19.9 Å². The SMILES string of the molecule is CCOC(=O)c1ccc(NC(CO)C(=O)OC)nc1. The van der Waals surface area contributed by atoms with E-state index in [0.29, 0.717) is 11.4 Å². The number of aromatic nitrogens is 1. The van der Waals surface area contributed by atoms with Crippen molar-refractivity contribution < 1.29 is 24.2 Å². The van der Waals surface area contributed by atoms with Crippen LogP contribution in [0.15, 0.2) is 18.3 Å². The van der Waals surface area contributed by atoms with Crippen molar-refractivity contribution in [3.63, 3.8) is 0 Å². The Morgan fingerprint density at radius 2 is 2.21 bits per heavy atom. The van der Waals surface area contributed by atoms with E-state index in [4.69, 9.17) is 9.84 Å². The van der Waals surface area contributed by atoms with E-state index in [-0.39, 0.29) is 6.61 Å². The molecule has 7 heteroatoms. The number of pyridine rings is 1. The highest BCUT2D eigenvalue weighted by atomic mass is 16.5. The standard InChI is InChI=1S/C12H16N2O5/c1-3-19-11(16)8-4-5-10(13-6-8)14-9(7-15)12(17)18-2/h4-6,9,15H,3,7H2,1-2H3,(H,13,14). The van der Waals surface area contributed by atoms with Crippen LogP contribution in [0.25, 0.3) is 0 Å². The molecule has 0 saturated heterocycles. The van der Waals surface area contributed by atoms with Gasteiger partial charge in [-0.2, -0.15) is 0 Å². The van der Waals surface area contributed by atoms with E-state index < -0.39 is 24.6 Å². The molecule has 1 rings (SSSR count). The molecule has 0 saturated carbocycles. The highest BCUT2D eigenvalue weighted by molar-refractivity contribution is 5.89. The number of esters is 2. The average molecular weight is 268 g/mol. The molecule has 0 spiro atoms. The number of ether oxygens (including phenoxy) is 2. The lowest BCUT2D eigenvalue weighted by molar-refractivity contribution is -0.142. The highest BCUT2D eigenvalue weighted by Crippen LogP contribution is 2.08. The maximum Gasteiger partial charge on any atom is 0.339 e. The van der Waals surface area contributed by atoms with Crippen LogP contribution in [-0.4, -0.2) is 48.4 Å². The Morgan fingerprint density at radius 3 is 2.68 bits per heavy atom. The van der Waals surface area contributed by atoms with Gasteiger partial charge in [0.05, 0.1) is 25.9 Å². The summed E-state index contributed by atoms with van der Waals surface area (Å²) in [7, 11) is 1.23. The number of hydrogen-bond acceptors (Lipinski definition) is 7. The largest absolute Gasteiger partial charge is 0.467 e. The summed E-state index contributed by atoms with van der Waals surface area (Å²) < 4.78 is 9.32. The lowest BCUT2D eigenvalue weighted by atomic mass is 10.2. The molecule has 104 valence electrons. The second-order valence-electron chi connectivity index (χ2n) is 3.56. The predicted molar refractivity (Wildman–Crippen MR) is 66.7 cm³/mol. The van der Waals surface area contributed by atoms with E-state index in [2.05, 4.69) is 15.0 Å². The molecular formula is C12H16N2O5. The number of nitrogens with one attached hydrogen (secondary N) is 1. The summed E-state index contributed by atoms with van der Waals surface area (Å²) in [5, 5.41) is 11.7. The van der Waals surface area contributed by atoms with Gasteiger partial charge in [0.15, 0.2) is 0 Å². The quantitative estimate of drug-likeness (QED) is 0.711. The maximum absolute atomic E-state index is 11.4. The number of carbonyl (C=O) groups excluding carboxylic acids is 2. The van der Waals surface area contributed by atoms with Crippen molar-refractivity contribution in [1.82, 2.24) is 4.98 Å². The summed E-state index contributed by atoms with van der Waals surface area (Å²) in [4.78, 5) is 26.6. The average Bonchev–Trinajstić information content (AvgIpc) is 2.44. The third-order valence-corrected chi connectivity index (χ3v) is 2.27. The van der Waals surface area contributed by atoms with Gasteiger partial charge in [0.1, 0.15) is 11.9 Å². The third-order valence-electron chi connectivity index (χ3n) is 2.27. The minimum Gasteiger partial charge on any atom is -0.467 e. The molecule has 0 aliphatic heterocycles. The Labute approximate surface area is 110 Å². The number of nitrogens with zero attached hydrogens (tertiary/aromatic N) is 1. The molecule has 0 aliphatic rings. The van der Waals surface area contributed by atoms with Gasteiger partial charge in [-0.3, -0.25) is 0 Å². The molecule has 2 N–H and O–H groups in total. The summed E-state index contributed by atoms with van der Waals surface area (Å²) in [6.45, 7) is 1.57. The zero-order valence-electron chi connectivity index (χ0n) is 10.8. The van der Waals surface area contributed by atoms with Crippen molar-refractivity contribution >= 4 is 17.8 Å². The van der Waals surface area contributed by atoms with E-state index in [1.54, 1.807) is 6.92 Å². The molecule has 19 heavy (non-hydrogen) atoms. The molecule has 0 bridgehead atoms. The van der Waals surface area contributed by atoms with Gasteiger partial charge in [-0.1, -0.05) is 0 Å². The number of hydrogen-bond donors (Lipinski definition) is 2. The lowest BCUT2D eigenvalue weighted by Gasteiger charge is -2.14. The van der Waals surface area contributed by atoms with Gasteiger partial charge in [0.25, 0.3) is 0 Å². The Balaban J connectivity index is 2.71. The van der Waals surface area contributed by atoms with E-state index in [1.165, 1.54) is 25.4 Å². The molecule has 1 aromatic heterocycles. The fraction of sp³-hybridized carbons (Fsp3) is 0.417. The molecule has 1 aromatic rings. The summed E-state index contributed by atoms with van der Waals surface area (Å²) in [6.07, 6.45) is 1.33. The van der Waals surface area contributed by atoms with E-state index in [1.807, 2.05) is 0 Å². The Kier molecular flexibility index (Phi) is 5.74. The number of methoxy groups -OCH3 is 1. The summed E-state index contributed by atoms with van der Waals surface area (Å²) in [5.41, 5.74) is 0.311. The van der Waals surface area contributed by atoms with Crippen molar-refractivity contribution in [2.24, 2.45) is 0 Å². The number of anilines is 1. The van der Waals surface area contributed by atoms with Crippen LogP contribution in [-0.2, 0) is 14.3 Å². The number of aliphatic hydroxyl groups excluding tert-OH is 1. The third kappa shape index (κ3) is 4.22. The zero-order valence-corrected chi connectivity index (χ0v) is 10.8. The molecule has 0 radical (unpaired) electrons. The molecule has 0 fully saturated rings. The summed E-state index contributed by atoms with van der Waals surface area (Å²) >= 11 is 0. The smallest absolute Gasteiger partial charge is 0.339 e. The van der Waals surface area contributed by atoms with Crippen molar-refractivity contribution in [2.75, 3.05) is 25.6 Å². The minimum atomic E-state index is -0.897. The number of carbonyl (C=O) groups is 2. The first-order chi connectivity index (χ1) is 9.12. The minimum absolute atomic E-state index is 0.285. The fourth-order valence-electron chi connectivity index (χ4n) is 1.31. The maximum atomic E-state index is 11.4. The highest BCUT2D eigenvalue weighted by Gasteiger charge is 2.18. The van der Waals surface area contributed by atoms with Crippen LogP contribution in [0.5, 0.6) is 0 Å². The molecular weight excluding hydrogens is 252 g/mol. The second kappa shape index (κ2) is 7.32. The van der Waals surface area contributed by atoms with Gasteiger partial charge in [-0.25, -0.2) is 14.6 Å². The monoisotopic (exact) mass is 268 g/mol. The van der Waals surface area contributed by atoms with E-state index >= 15 is 0 Å². The first-order valence-electron chi connectivity index (χ1n) is 5.70. The van der Waals surface area contributed by atoms with Crippen molar-refractivity contribution in [2.45, 2.75) is 13.0 Å². The number of aliphatic hydroxyl groups is 1. The molecule has 7 nitrogen and oxygen atoms in total. The topological polar surface area (TPSA) is 97.8 Å². The Hall–Kier alpha value is -2.15.